The number of phosphoric acid groups is 1. The zero-order valence-corrected chi connectivity index (χ0v) is 17.6. The van der Waals surface area contributed by atoms with Gasteiger partial charge in [0.15, 0.2) is 6.10 Å². The summed E-state index contributed by atoms with van der Waals surface area (Å²) in [6.45, 7) is -1.12. The number of hydrogen-bond donors (Lipinski definition) is 2. The molecule has 124 valence electrons. The third kappa shape index (κ3) is 5.53. The molecule has 0 bridgehead atoms. The van der Waals surface area contributed by atoms with E-state index in [0.29, 0.717) is 4.57 Å². The van der Waals surface area contributed by atoms with Crippen molar-refractivity contribution in [1.82, 2.24) is 9.55 Å². The Balaban J connectivity index is 0.00000264. The summed E-state index contributed by atoms with van der Waals surface area (Å²) >= 11 is 0. The van der Waals surface area contributed by atoms with E-state index >= 15 is 0 Å². The maximum absolute atomic E-state index is 14.0. The molecule has 15 heteroatoms. The first-order valence-electron chi connectivity index (χ1n) is 5.75. The van der Waals surface area contributed by atoms with Gasteiger partial charge in [-0.3, -0.25) is 4.57 Å². The molecule has 10 nitrogen and oxygen atoms in total. The van der Waals surface area contributed by atoms with Crippen LogP contribution in [0.15, 0.2) is 17.1 Å². The van der Waals surface area contributed by atoms with E-state index in [1.807, 2.05) is 0 Å². The van der Waals surface area contributed by atoms with E-state index in [4.69, 9.17) is 10.5 Å². The van der Waals surface area contributed by atoms with Crippen LogP contribution >= 0.6 is 7.82 Å². The second kappa shape index (κ2) is 8.98. The molecule has 0 aliphatic carbocycles. The number of phosphoric ester groups is 1. The number of anilines is 1. The fraction of sp³-hybridized carbons (Fsp3) is 0.556. The second-order valence-electron chi connectivity index (χ2n) is 4.43. The van der Waals surface area contributed by atoms with E-state index < -0.39 is 44.5 Å². The average molecular weight is 387 g/mol. The molecule has 1 aromatic rings. The minimum Gasteiger partial charge on any atom is -0.790 e. The molecule has 2 heterocycles. The standard InChI is InChI=1S/C9H12F2N3O7P.2Na/c10-9(11)6(15)4(3-20-22(17,18)19)21-7(9)14-2-1-5(12)13-8(14)16;;/h1-2,4,6-7,15H,3H2,(H2,12,13,16)(H2,17,18,19);;/q;2*+1/p-2. The number of rotatable bonds is 4. The van der Waals surface area contributed by atoms with Crippen LogP contribution in [0.2, 0.25) is 0 Å². The molecule has 1 aromatic heterocycles. The van der Waals surface area contributed by atoms with Crippen molar-refractivity contribution >= 4 is 13.6 Å². The second-order valence-corrected chi connectivity index (χ2v) is 5.58. The molecule has 24 heavy (non-hydrogen) atoms. The third-order valence-corrected chi connectivity index (χ3v) is 3.35. The average Bonchev–Trinajstić information content (AvgIpc) is 2.59. The molecule has 0 spiro atoms. The largest absolute Gasteiger partial charge is 1.00 e. The summed E-state index contributed by atoms with van der Waals surface area (Å²) in [7, 11) is -5.43. The monoisotopic (exact) mass is 387 g/mol. The molecule has 1 aliphatic rings. The number of aliphatic hydroxyl groups is 1. The van der Waals surface area contributed by atoms with Crippen LogP contribution in [0.1, 0.15) is 6.23 Å². The van der Waals surface area contributed by atoms with Gasteiger partial charge in [-0.05, 0) is 6.07 Å². The smallest absolute Gasteiger partial charge is 0.790 e. The van der Waals surface area contributed by atoms with Crippen LogP contribution in [0.25, 0.3) is 0 Å². The van der Waals surface area contributed by atoms with E-state index in [1.54, 1.807) is 0 Å². The van der Waals surface area contributed by atoms with Crippen molar-refractivity contribution < 1.29 is 96.6 Å². The molecule has 0 radical (unpaired) electrons. The molecule has 1 aliphatic heterocycles. The van der Waals surface area contributed by atoms with Gasteiger partial charge in [-0.2, -0.15) is 13.8 Å². The van der Waals surface area contributed by atoms with Gasteiger partial charge in [0.1, 0.15) is 11.9 Å². The van der Waals surface area contributed by atoms with E-state index in [1.165, 1.54) is 0 Å². The van der Waals surface area contributed by atoms with Gasteiger partial charge in [-0.25, -0.2) is 4.79 Å². The summed E-state index contributed by atoms with van der Waals surface area (Å²) in [5.41, 5.74) is 4.07. The van der Waals surface area contributed by atoms with Gasteiger partial charge in [0.2, 0.25) is 6.23 Å². The summed E-state index contributed by atoms with van der Waals surface area (Å²) in [5.74, 6) is -4.16. The zero-order valence-electron chi connectivity index (χ0n) is 12.7. The Bertz CT molecular complexity index is 673. The number of nitrogens with two attached hydrogens (primary N) is 1. The molecule has 0 saturated carbocycles. The van der Waals surface area contributed by atoms with Gasteiger partial charge in [-0.1, -0.05) is 0 Å². The minimum absolute atomic E-state index is 0. The van der Waals surface area contributed by atoms with E-state index in [2.05, 4.69) is 9.51 Å². The minimum atomic E-state index is -5.43. The Hall–Kier alpha value is 0.570. The number of aliphatic hydroxyl groups excluding tert-OH is 1. The predicted octanol–water partition coefficient (Wildman–Crippen LogP) is -8.43. The SMILES string of the molecule is Nc1ccn(C2OC(COP(=O)([O-])[O-])C(O)C2(F)F)c(=O)n1.[Na+].[Na+]. The summed E-state index contributed by atoms with van der Waals surface area (Å²) in [6.07, 6.45) is -5.70. The van der Waals surface area contributed by atoms with Crippen LogP contribution in [0.3, 0.4) is 0 Å². The zero-order chi connectivity index (χ0) is 16.7. The fourth-order valence-electron chi connectivity index (χ4n) is 1.88. The summed E-state index contributed by atoms with van der Waals surface area (Å²) < 4.78 is 47.2. The molecule has 0 aromatic carbocycles. The van der Waals surface area contributed by atoms with Gasteiger partial charge in [0.05, 0.1) is 14.4 Å². The Morgan fingerprint density at radius 3 is 2.58 bits per heavy atom. The first-order valence-corrected chi connectivity index (χ1v) is 7.21. The van der Waals surface area contributed by atoms with Crippen molar-refractivity contribution in [3.63, 3.8) is 0 Å². The van der Waals surface area contributed by atoms with Gasteiger partial charge in [0.25, 0.3) is 0 Å². The molecule has 3 unspecified atom stereocenters. The molecular weight excluding hydrogens is 377 g/mol. The van der Waals surface area contributed by atoms with Crippen molar-refractivity contribution in [2.24, 2.45) is 0 Å². The molecule has 3 atom stereocenters. The third-order valence-electron chi connectivity index (χ3n) is 2.88. The number of nitrogens with zero attached hydrogens (tertiary/aromatic N) is 2. The molecule has 3 N–H and O–H groups in total. The van der Waals surface area contributed by atoms with E-state index in [9.17, 15) is 33.0 Å². The van der Waals surface area contributed by atoms with E-state index in [0.717, 1.165) is 12.3 Å². The van der Waals surface area contributed by atoms with Crippen LogP contribution in [0, 0.1) is 0 Å². The summed E-state index contributed by atoms with van der Waals surface area (Å²) in [4.78, 5) is 35.5. The van der Waals surface area contributed by atoms with Crippen LogP contribution in [0.5, 0.6) is 0 Å². The molecule has 2 rings (SSSR count). The van der Waals surface area contributed by atoms with Crippen molar-refractivity contribution in [3.05, 3.63) is 22.7 Å². The van der Waals surface area contributed by atoms with Gasteiger partial charge in [-0.15, -0.1) is 0 Å². The van der Waals surface area contributed by atoms with Crippen LogP contribution in [-0.2, 0) is 13.8 Å². The number of halogens is 2. The van der Waals surface area contributed by atoms with Crippen molar-refractivity contribution in [2.45, 2.75) is 24.4 Å². The normalized spacial score (nSPS) is 25.6. The molecule has 0 amide bonds. The Morgan fingerprint density at radius 1 is 1.50 bits per heavy atom. The first kappa shape index (κ1) is 24.6. The van der Waals surface area contributed by atoms with E-state index in [-0.39, 0.29) is 64.9 Å². The Kier molecular flexibility index (Phi) is 9.19. The van der Waals surface area contributed by atoms with Crippen molar-refractivity contribution in [2.75, 3.05) is 12.3 Å². The maximum atomic E-state index is 14.0. The molecule has 1 saturated heterocycles. The number of nitrogen functional groups attached to an aromatic ring is 1. The predicted molar refractivity (Wildman–Crippen MR) is 61.3 cm³/mol. The fourth-order valence-corrected chi connectivity index (χ4v) is 2.20. The number of hydrogen-bond acceptors (Lipinski definition) is 9. The van der Waals surface area contributed by atoms with Gasteiger partial charge < -0.3 is 34.5 Å². The first-order chi connectivity index (χ1) is 10.0. The number of ether oxygens (including phenoxy) is 1. The van der Waals surface area contributed by atoms with Crippen LogP contribution < -0.4 is 80.3 Å². The van der Waals surface area contributed by atoms with Gasteiger partial charge >= 0.3 is 70.7 Å². The molecule has 1 fully saturated rings. The number of aromatic nitrogens is 2. The van der Waals surface area contributed by atoms with Crippen LogP contribution in [0.4, 0.5) is 14.6 Å². The van der Waals surface area contributed by atoms with Gasteiger partial charge in [0, 0.05) is 6.20 Å². The maximum Gasteiger partial charge on any atom is 1.00 e. The van der Waals surface area contributed by atoms with Crippen molar-refractivity contribution in [3.8, 4) is 0 Å². The number of alkyl halides is 2. The topological polar surface area (TPSA) is 163 Å². The summed E-state index contributed by atoms with van der Waals surface area (Å²) in [5, 5.41) is 9.48. The molecular formula is C9H10F2N3Na2O7P. The van der Waals surface area contributed by atoms with Crippen molar-refractivity contribution in [1.29, 1.82) is 0 Å². The Labute approximate surface area is 178 Å². The van der Waals surface area contributed by atoms with Crippen LogP contribution in [-0.4, -0.2) is 39.4 Å². The Morgan fingerprint density at radius 2 is 2.08 bits per heavy atom. The quantitative estimate of drug-likeness (QED) is 0.377. The summed E-state index contributed by atoms with van der Waals surface area (Å²) in [6, 6.07) is 1.06.